The molecule has 2 aromatic rings. The number of methoxy groups -OCH3 is 2. The summed E-state index contributed by atoms with van der Waals surface area (Å²) in [5.74, 6) is 1.41. The van der Waals surface area contributed by atoms with Gasteiger partial charge in [0, 0.05) is 0 Å². The Labute approximate surface area is 171 Å². The summed E-state index contributed by atoms with van der Waals surface area (Å²) in [4.78, 5) is 28.1. The van der Waals surface area contributed by atoms with Crippen molar-refractivity contribution < 1.29 is 23.8 Å². The monoisotopic (exact) mass is 413 g/mol. The summed E-state index contributed by atoms with van der Waals surface area (Å²) in [5.41, 5.74) is 6.56. The number of aliphatic imine (C=N–C) groups is 1. The van der Waals surface area contributed by atoms with Crippen molar-refractivity contribution >= 4 is 40.5 Å². The van der Waals surface area contributed by atoms with Crippen LogP contribution in [0, 0.1) is 0 Å². The molecule has 2 amide bonds. The number of nitrogens with one attached hydrogen (secondary N) is 1. The lowest BCUT2D eigenvalue weighted by atomic mass is 10.2. The molecule has 9 heteroatoms. The van der Waals surface area contributed by atoms with E-state index in [0.717, 1.165) is 23.1 Å². The van der Waals surface area contributed by atoms with Gasteiger partial charge in [-0.3, -0.25) is 9.59 Å². The van der Waals surface area contributed by atoms with Gasteiger partial charge >= 0.3 is 0 Å². The fourth-order valence-corrected chi connectivity index (χ4v) is 3.23. The zero-order valence-corrected chi connectivity index (χ0v) is 16.6. The lowest BCUT2D eigenvalue weighted by molar-refractivity contribution is -0.119. The van der Waals surface area contributed by atoms with E-state index in [1.165, 1.54) is 7.11 Å². The lowest BCUT2D eigenvalue weighted by Gasteiger charge is -2.10. The van der Waals surface area contributed by atoms with Gasteiger partial charge in [0.25, 0.3) is 11.1 Å². The number of hydrogen-bond donors (Lipinski definition) is 2. The van der Waals surface area contributed by atoms with Crippen LogP contribution >= 0.6 is 11.8 Å². The van der Waals surface area contributed by atoms with Crippen molar-refractivity contribution in [3.05, 3.63) is 52.9 Å². The standard InChI is InChI=1S/C20H19N3O5S/c1-26-14-6-4-13(5-7-14)22-19-17(29-20(25)23-19)10-12-3-8-15(27-2)16(9-12)28-11-18(21)24/h3-10H,11H2,1-2H3,(H2,21,24)(H,22,23,25)/b17-10-. The summed E-state index contributed by atoms with van der Waals surface area (Å²) < 4.78 is 15.8. The van der Waals surface area contributed by atoms with E-state index >= 15 is 0 Å². The smallest absolute Gasteiger partial charge is 0.289 e. The second kappa shape index (κ2) is 9.16. The van der Waals surface area contributed by atoms with Crippen LogP contribution in [-0.4, -0.2) is 37.8 Å². The number of nitrogens with two attached hydrogens (primary N) is 1. The second-order valence-electron chi connectivity index (χ2n) is 5.85. The largest absolute Gasteiger partial charge is 0.497 e. The molecule has 8 nitrogen and oxygen atoms in total. The van der Waals surface area contributed by atoms with E-state index in [-0.39, 0.29) is 11.8 Å². The number of ether oxygens (including phenoxy) is 3. The Kier molecular flexibility index (Phi) is 6.40. The molecule has 1 aliphatic heterocycles. The summed E-state index contributed by atoms with van der Waals surface area (Å²) in [6, 6.07) is 12.4. The number of thioether (sulfide) groups is 1. The Morgan fingerprint density at radius 2 is 1.90 bits per heavy atom. The predicted octanol–water partition coefficient (Wildman–Crippen LogP) is 3.10. The predicted molar refractivity (Wildman–Crippen MR) is 112 cm³/mol. The molecule has 0 saturated carbocycles. The van der Waals surface area contributed by atoms with Crippen LogP contribution in [0.4, 0.5) is 10.5 Å². The normalized spacial score (nSPS) is 16.0. The van der Waals surface area contributed by atoms with Gasteiger partial charge < -0.3 is 25.3 Å². The Morgan fingerprint density at radius 1 is 1.14 bits per heavy atom. The van der Waals surface area contributed by atoms with E-state index in [9.17, 15) is 9.59 Å². The number of hydrogen-bond acceptors (Lipinski definition) is 7. The molecule has 29 heavy (non-hydrogen) atoms. The number of primary amides is 1. The maximum absolute atomic E-state index is 11.9. The SMILES string of the molecule is COc1ccc(N=C2NC(=O)S/C2=C\c2ccc(OC)c(OCC(N)=O)c2)cc1. The van der Waals surface area contributed by atoms with Crippen molar-refractivity contribution in [2.75, 3.05) is 20.8 Å². The van der Waals surface area contributed by atoms with Gasteiger partial charge in [0.2, 0.25) is 0 Å². The van der Waals surface area contributed by atoms with Gasteiger partial charge in [0.1, 0.15) is 11.6 Å². The highest BCUT2D eigenvalue weighted by Crippen LogP contribution is 2.32. The van der Waals surface area contributed by atoms with Crippen LogP contribution in [0.5, 0.6) is 17.2 Å². The van der Waals surface area contributed by atoms with Gasteiger partial charge in [-0.15, -0.1) is 0 Å². The first-order valence-electron chi connectivity index (χ1n) is 8.51. The molecule has 3 N–H and O–H groups in total. The molecule has 0 radical (unpaired) electrons. The van der Waals surface area contributed by atoms with Crippen LogP contribution < -0.4 is 25.3 Å². The first-order chi connectivity index (χ1) is 14.0. The third kappa shape index (κ3) is 5.29. The molecule has 1 heterocycles. The van der Waals surface area contributed by atoms with Crippen LogP contribution in [0.15, 0.2) is 52.4 Å². The minimum absolute atomic E-state index is 0.220. The molecule has 1 aliphatic rings. The van der Waals surface area contributed by atoms with Crippen LogP contribution in [-0.2, 0) is 4.79 Å². The molecule has 0 spiro atoms. The first kappa shape index (κ1) is 20.3. The molecule has 1 fully saturated rings. The minimum atomic E-state index is -0.592. The van der Waals surface area contributed by atoms with Crippen molar-refractivity contribution in [1.82, 2.24) is 5.32 Å². The number of benzene rings is 2. The summed E-state index contributed by atoms with van der Waals surface area (Å²) in [6.45, 7) is -0.268. The number of amides is 2. The summed E-state index contributed by atoms with van der Waals surface area (Å²) in [5, 5.41) is 2.52. The highest BCUT2D eigenvalue weighted by Gasteiger charge is 2.23. The van der Waals surface area contributed by atoms with E-state index in [1.54, 1.807) is 55.7 Å². The molecule has 0 unspecified atom stereocenters. The average molecular weight is 413 g/mol. The second-order valence-corrected chi connectivity index (χ2v) is 6.86. The van der Waals surface area contributed by atoms with Crippen LogP contribution in [0.25, 0.3) is 6.08 Å². The fraction of sp³-hybridized carbons (Fsp3) is 0.150. The third-order valence-electron chi connectivity index (χ3n) is 3.83. The molecule has 0 atom stereocenters. The molecule has 0 aliphatic carbocycles. The Balaban J connectivity index is 1.90. The van der Waals surface area contributed by atoms with Crippen molar-refractivity contribution in [1.29, 1.82) is 0 Å². The highest BCUT2D eigenvalue weighted by molar-refractivity contribution is 8.18. The maximum atomic E-state index is 11.9. The summed E-state index contributed by atoms with van der Waals surface area (Å²) in [7, 11) is 3.09. The maximum Gasteiger partial charge on any atom is 0.289 e. The van der Waals surface area contributed by atoms with Crippen molar-refractivity contribution in [2.45, 2.75) is 0 Å². The van der Waals surface area contributed by atoms with E-state index < -0.39 is 5.91 Å². The molecular weight excluding hydrogens is 394 g/mol. The number of carbonyl (C=O) groups excluding carboxylic acids is 2. The number of carbonyl (C=O) groups is 2. The number of amidine groups is 1. The molecule has 1 saturated heterocycles. The van der Waals surface area contributed by atoms with E-state index in [4.69, 9.17) is 19.9 Å². The van der Waals surface area contributed by atoms with Crippen LogP contribution in [0.1, 0.15) is 5.56 Å². The third-order valence-corrected chi connectivity index (χ3v) is 4.64. The number of rotatable bonds is 7. The van der Waals surface area contributed by atoms with Gasteiger partial charge in [-0.2, -0.15) is 0 Å². The molecular formula is C20H19N3O5S. The number of nitrogens with zero attached hydrogens (tertiary/aromatic N) is 1. The average Bonchev–Trinajstić information content (AvgIpc) is 3.05. The van der Waals surface area contributed by atoms with Gasteiger partial charge in [-0.25, -0.2) is 4.99 Å². The van der Waals surface area contributed by atoms with Gasteiger partial charge in [-0.05, 0) is 59.8 Å². The zero-order valence-electron chi connectivity index (χ0n) is 15.8. The highest BCUT2D eigenvalue weighted by atomic mass is 32.2. The van der Waals surface area contributed by atoms with Gasteiger partial charge in [-0.1, -0.05) is 6.07 Å². The summed E-state index contributed by atoms with van der Waals surface area (Å²) >= 11 is 1.04. The van der Waals surface area contributed by atoms with Crippen molar-refractivity contribution in [3.8, 4) is 17.2 Å². The first-order valence-corrected chi connectivity index (χ1v) is 9.33. The topological polar surface area (TPSA) is 112 Å². The van der Waals surface area contributed by atoms with Crippen LogP contribution in [0.2, 0.25) is 0 Å². The molecule has 0 aromatic heterocycles. The van der Waals surface area contributed by atoms with Crippen molar-refractivity contribution in [3.63, 3.8) is 0 Å². The Morgan fingerprint density at radius 3 is 2.55 bits per heavy atom. The molecule has 2 aromatic carbocycles. The molecule has 150 valence electrons. The lowest BCUT2D eigenvalue weighted by Crippen LogP contribution is -2.20. The Bertz CT molecular complexity index is 986. The fourth-order valence-electron chi connectivity index (χ4n) is 2.49. The minimum Gasteiger partial charge on any atom is -0.497 e. The molecule has 3 rings (SSSR count). The summed E-state index contributed by atoms with van der Waals surface area (Å²) in [6.07, 6.45) is 1.79. The quantitative estimate of drug-likeness (QED) is 0.721. The van der Waals surface area contributed by atoms with E-state index in [2.05, 4.69) is 10.3 Å². The van der Waals surface area contributed by atoms with Crippen molar-refractivity contribution in [2.24, 2.45) is 10.7 Å². The van der Waals surface area contributed by atoms with Gasteiger partial charge in [0.15, 0.2) is 18.1 Å². The molecule has 0 bridgehead atoms. The van der Waals surface area contributed by atoms with E-state index in [0.29, 0.717) is 27.9 Å². The zero-order chi connectivity index (χ0) is 20.8. The van der Waals surface area contributed by atoms with E-state index in [1.807, 2.05) is 0 Å². The van der Waals surface area contributed by atoms with Crippen LogP contribution in [0.3, 0.4) is 0 Å². The van der Waals surface area contributed by atoms with Gasteiger partial charge in [0.05, 0.1) is 24.8 Å². The Hall–Kier alpha value is -3.46.